The van der Waals surface area contributed by atoms with Gasteiger partial charge in [0, 0.05) is 22.2 Å². The van der Waals surface area contributed by atoms with Crippen LogP contribution in [0.3, 0.4) is 0 Å². The van der Waals surface area contributed by atoms with Crippen molar-refractivity contribution in [2.45, 2.75) is 26.3 Å². The van der Waals surface area contributed by atoms with Crippen LogP contribution in [0.25, 0.3) is 22.8 Å². The lowest BCUT2D eigenvalue weighted by Gasteiger charge is -2.12. The second-order valence-corrected chi connectivity index (χ2v) is 6.30. The molecule has 128 valence electrons. The van der Waals surface area contributed by atoms with Crippen molar-refractivity contribution < 1.29 is 9.21 Å². The van der Waals surface area contributed by atoms with Crippen LogP contribution in [-0.2, 0) is 0 Å². The molecule has 2 aromatic carbocycles. The molecule has 0 radical (unpaired) electrons. The van der Waals surface area contributed by atoms with E-state index in [1.807, 2.05) is 44.2 Å². The minimum absolute atomic E-state index is 0.106. The molecule has 0 saturated carbocycles. The van der Waals surface area contributed by atoms with Gasteiger partial charge in [-0.15, -0.1) is 0 Å². The number of oxazole rings is 1. The van der Waals surface area contributed by atoms with Gasteiger partial charge in [0.15, 0.2) is 5.76 Å². The maximum absolute atomic E-state index is 12.5. The average Bonchev–Trinajstić information content (AvgIpc) is 3.12. The summed E-state index contributed by atoms with van der Waals surface area (Å²) in [6.45, 7) is 4.01. The monoisotopic (exact) mass is 354 g/mol. The lowest BCUT2D eigenvalue weighted by atomic mass is 10.1. The molecule has 1 atom stereocenters. The van der Waals surface area contributed by atoms with E-state index in [9.17, 15) is 4.79 Å². The van der Waals surface area contributed by atoms with Crippen molar-refractivity contribution in [2.24, 2.45) is 0 Å². The molecule has 1 aromatic heterocycles. The molecule has 0 unspecified atom stereocenters. The van der Waals surface area contributed by atoms with Gasteiger partial charge in [-0.3, -0.25) is 4.79 Å². The van der Waals surface area contributed by atoms with E-state index in [0.29, 0.717) is 27.8 Å². The predicted molar refractivity (Wildman–Crippen MR) is 99.6 cm³/mol. The van der Waals surface area contributed by atoms with Crippen LogP contribution in [0, 0.1) is 0 Å². The number of carbonyl (C=O) groups is 1. The zero-order valence-corrected chi connectivity index (χ0v) is 14.9. The van der Waals surface area contributed by atoms with Crippen molar-refractivity contribution in [3.8, 4) is 22.8 Å². The number of nitrogens with zero attached hydrogens (tertiary/aromatic N) is 1. The molecule has 0 aliphatic heterocycles. The van der Waals surface area contributed by atoms with Crippen LogP contribution in [-0.4, -0.2) is 16.9 Å². The Morgan fingerprint density at radius 1 is 1.20 bits per heavy atom. The van der Waals surface area contributed by atoms with Crippen LogP contribution >= 0.6 is 11.6 Å². The van der Waals surface area contributed by atoms with Crippen molar-refractivity contribution in [1.29, 1.82) is 0 Å². The van der Waals surface area contributed by atoms with Gasteiger partial charge in [0.25, 0.3) is 5.91 Å². The molecule has 1 heterocycles. The summed E-state index contributed by atoms with van der Waals surface area (Å²) in [4.78, 5) is 16.9. The topological polar surface area (TPSA) is 55.1 Å². The highest BCUT2D eigenvalue weighted by Gasteiger charge is 2.17. The molecule has 0 aliphatic carbocycles. The van der Waals surface area contributed by atoms with E-state index in [2.05, 4.69) is 10.3 Å². The summed E-state index contributed by atoms with van der Waals surface area (Å²) in [5.41, 5.74) is 2.10. The van der Waals surface area contributed by atoms with Crippen LogP contribution in [0.5, 0.6) is 0 Å². The molecule has 0 aliphatic rings. The Morgan fingerprint density at radius 2 is 1.92 bits per heavy atom. The molecule has 1 N–H and O–H groups in total. The van der Waals surface area contributed by atoms with E-state index in [1.54, 1.807) is 24.4 Å². The van der Waals surface area contributed by atoms with Crippen LogP contribution in [0.1, 0.15) is 30.6 Å². The summed E-state index contributed by atoms with van der Waals surface area (Å²) in [6, 6.07) is 14.7. The summed E-state index contributed by atoms with van der Waals surface area (Å²) >= 11 is 5.92. The summed E-state index contributed by atoms with van der Waals surface area (Å²) in [5, 5.41) is 3.64. The molecule has 4 nitrogen and oxygen atoms in total. The van der Waals surface area contributed by atoms with Gasteiger partial charge in [0.2, 0.25) is 5.89 Å². The molecule has 5 heteroatoms. The number of aromatic nitrogens is 1. The van der Waals surface area contributed by atoms with Gasteiger partial charge in [0.05, 0.1) is 11.8 Å². The third-order valence-corrected chi connectivity index (χ3v) is 4.28. The lowest BCUT2D eigenvalue weighted by molar-refractivity contribution is 0.0939. The largest absolute Gasteiger partial charge is 0.436 e. The predicted octanol–water partition coefficient (Wildman–Crippen LogP) is 5.19. The Morgan fingerprint density at radius 3 is 2.64 bits per heavy atom. The fraction of sp³-hybridized carbons (Fsp3) is 0.200. The molecule has 0 saturated heterocycles. The quantitative estimate of drug-likeness (QED) is 0.686. The summed E-state index contributed by atoms with van der Waals surface area (Å²) in [7, 11) is 0. The first kappa shape index (κ1) is 17.2. The van der Waals surface area contributed by atoms with Gasteiger partial charge in [-0.25, -0.2) is 4.98 Å². The highest BCUT2D eigenvalue weighted by Crippen LogP contribution is 2.29. The first-order valence-corrected chi connectivity index (χ1v) is 8.58. The van der Waals surface area contributed by atoms with Crippen LogP contribution in [0.4, 0.5) is 0 Å². The number of amides is 1. The van der Waals surface area contributed by atoms with E-state index >= 15 is 0 Å². The Kier molecular flexibility index (Phi) is 5.19. The van der Waals surface area contributed by atoms with E-state index in [-0.39, 0.29) is 11.9 Å². The third kappa shape index (κ3) is 3.91. The molecule has 1 amide bonds. The molecule has 3 aromatic rings. The second-order valence-electron chi connectivity index (χ2n) is 5.86. The highest BCUT2D eigenvalue weighted by atomic mass is 35.5. The first-order chi connectivity index (χ1) is 12.1. The molecule has 3 rings (SSSR count). The molecular formula is C20H19ClN2O2. The maximum atomic E-state index is 12.5. The zero-order chi connectivity index (χ0) is 17.8. The Labute approximate surface area is 151 Å². The second kappa shape index (κ2) is 7.53. The highest BCUT2D eigenvalue weighted by molar-refractivity contribution is 6.30. The Balaban J connectivity index is 1.93. The molecule has 0 bridgehead atoms. The number of halogens is 1. The van der Waals surface area contributed by atoms with Crippen molar-refractivity contribution in [3.05, 3.63) is 65.3 Å². The van der Waals surface area contributed by atoms with E-state index in [1.165, 1.54) is 0 Å². The van der Waals surface area contributed by atoms with Gasteiger partial charge >= 0.3 is 0 Å². The number of hydrogen-bond acceptors (Lipinski definition) is 3. The van der Waals surface area contributed by atoms with Crippen LogP contribution in [0.2, 0.25) is 5.02 Å². The van der Waals surface area contributed by atoms with E-state index in [4.69, 9.17) is 16.0 Å². The first-order valence-electron chi connectivity index (χ1n) is 8.20. The number of carbonyl (C=O) groups excluding carboxylic acids is 1. The fourth-order valence-corrected chi connectivity index (χ4v) is 2.54. The van der Waals surface area contributed by atoms with Crippen LogP contribution in [0.15, 0.2) is 59.1 Å². The Hall–Kier alpha value is -2.59. The van der Waals surface area contributed by atoms with Gasteiger partial charge in [-0.2, -0.15) is 0 Å². The standard InChI is InChI=1S/C20H19ClN2O2/c1-3-13(2)23-19(24)16-6-4-5-7-17(16)20-22-12-18(25-20)14-8-10-15(21)11-9-14/h4-13H,3H2,1-2H3,(H,23,24)/t13-/m1/s1. The summed E-state index contributed by atoms with van der Waals surface area (Å²) in [5.74, 6) is 0.917. The number of nitrogens with one attached hydrogen (secondary N) is 1. The molecule has 0 spiro atoms. The SMILES string of the molecule is CC[C@@H](C)NC(=O)c1ccccc1-c1ncc(-c2ccc(Cl)cc2)o1. The fourth-order valence-electron chi connectivity index (χ4n) is 2.42. The van der Waals surface area contributed by atoms with Crippen molar-refractivity contribution in [1.82, 2.24) is 10.3 Å². The van der Waals surface area contributed by atoms with Gasteiger partial charge in [0.1, 0.15) is 0 Å². The van der Waals surface area contributed by atoms with Crippen molar-refractivity contribution in [2.75, 3.05) is 0 Å². The Bertz CT molecular complexity index is 871. The van der Waals surface area contributed by atoms with E-state index < -0.39 is 0 Å². The van der Waals surface area contributed by atoms with E-state index in [0.717, 1.165) is 12.0 Å². The number of benzene rings is 2. The number of hydrogen-bond donors (Lipinski definition) is 1. The maximum Gasteiger partial charge on any atom is 0.252 e. The third-order valence-electron chi connectivity index (χ3n) is 4.03. The van der Waals surface area contributed by atoms with Crippen molar-refractivity contribution >= 4 is 17.5 Å². The van der Waals surface area contributed by atoms with Crippen LogP contribution < -0.4 is 5.32 Å². The average molecular weight is 355 g/mol. The number of rotatable bonds is 5. The van der Waals surface area contributed by atoms with Crippen molar-refractivity contribution in [3.63, 3.8) is 0 Å². The van der Waals surface area contributed by atoms with Gasteiger partial charge in [-0.1, -0.05) is 30.7 Å². The zero-order valence-electron chi connectivity index (χ0n) is 14.1. The minimum Gasteiger partial charge on any atom is -0.436 e. The normalized spacial score (nSPS) is 12.0. The molecule has 0 fully saturated rings. The molecule has 25 heavy (non-hydrogen) atoms. The smallest absolute Gasteiger partial charge is 0.252 e. The lowest BCUT2D eigenvalue weighted by Crippen LogP contribution is -2.32. The molecular weight excluding hydrogens is 336 g/mol. The summed E-state index contributed by atoms with van der Waals surface area (Å²) in [6.07, 6.45) is 2.52. The van der Waals surface area contributed by atoms with Gasteiger partial charge < -0.3 is 9.73 Å². The van der Waals surface area contributed by atoms with Gasteiger partial charge in [-0.05, 0) is 49.7 Å². The summed E-state index contributed by atoms with van der Waals surface area (Å²) < 4.78 is 5.88. The minimum atomic E-state index is -0.129.